The number of rotatable bonds is 7. The van der Waals surface area contributed by atoms with Gasteiger partial charge in [0, 0.05) is 19.3 Å². The Morgan fingerprint density at radius 2 is 1.61 bits per heavy atom. The first-order valence-electron chi connectivity index (χ1n) is 11.7. The van der Waals surface area contributed by atoms with Gasteiger partial charge in [0.1, 0.15) is 0 Å². The van der Waals surface area contributed by atoms with Gasteiger partial charge in [0.25, 0.3) is 5.56 Å². The lowest BCUT2D eigenvalue weighted by atomic mass is 9.73. The van der Waals surface area contributed by atoms with Crippen LogP contribution in [-0.2, 0) is 29.5 Å². The summed E-state index contributed by atoms with van der Waals surface area (Å²) in [6.07, 6.45) is 2.13. The van der Waals surface area contributed by atoms with Crippen LogP contribution in [0.1, 0.15) is 36.6 Å². The van der Waals surface area contributed by atoms with E-state index < -0.39 is 5.41 Å². The summed E-state index contributed by atoms with van der Waals surface area (Å²) >= 11 is 0. The fraction of sp³-hybridized carbons (Fsp3) is 0.407. The van der Waals surface area contributed by atoms with E-state index in [2.05, 4.69) is 17.0 Å². The zero-order valence-electron chi connectivity index (χ0n) is 19.8. The highest BCUT2D eigenvalue weighted by molar-refractivity contribution is 5.77. The molecule has 1 aliphatic rings. The lowest BCUT2D eigenvalue weighted by Gasteiger charge is -2.40. The molecule has 1 aliphatic heterocycles. The van der Waals surface area contributed by atoms with E-state index in [0.717, 1.165) is 48.4 Å². The van der Waals surface area contributed by atoms with Crippen molar-refractivity contribution in [3.8, 4) is 5.69 Å². The molecule has 0 saturated carbocycles. The maximum atomic E-state index is 13.3. The number of hydrogen-bond donors (Lipinski definition) is 0. The van der Waals surface area contributed by atoms with E-state index in [0.29, 0.717) is 19.6 Å². The first kappa shape index (κ1) is 23.1. The van der Waals surface area contributed by atoms with Crippen molar-refractivity contribution < 1.29 is 9.53 Å². The highest BCUT2D eigenvalue weighted by atomic mass is 16.5. The number of aromatic nitrogens is 2. The molecule has 2 heterocycles. The molecule has 6 heteroatoms. The van der Waals surface area contributed by atoms with E-state index in [-0.39, 0.29) is 11.5 Å². The molecule has 0 radical (unpaired) electrons. The van der Waals surface area contributed by atoms with Gasteiger partial charge in [-0.05, 0) is 63.9 Å². The van der Waals surface area contributed by atoms with Gasteiger partial charge in [-0.15, -0.1) is 0 Å². The Hall–Kier alpha value is -3.12. The standard InChI is InChI=1S/C27H33N3O3/c1-4-33-26(32)27(19-22-11-7-5-8-12-22)15-17-29(18-16-27)20-24-21(2)28(3)30(25(24)31)23-13-9-6-10-14-23/h5-14H,4,15-20H2,1-3H3. The van der Waals surface area contributed by atoms with Crippen LogP contribution in [-0.4, -0.2) is 39.9 Å². The SMILES string of the molecule is CCOC(=O)C1(Cc2ccccc2)CCN(Cc2c(C)n(C)n(-c3ccccc3)c2=O)CC1. The maximum Gasteiger partial charge on any atom is 0.312 e. The average Bonchev–Trinajstić information content (AvgIpc) is 3.04. The Labute approximate surface area is 195 Å². The average molecular weight is 448 g/mol. The highest BCUT2D eigenvalue weighted by Gasteiger charge is 2.42. The number of piperidine rings is 1. The summed E-state index contributed by atoms with van der Waals surface area (Å²) < 4.78 is 9.16. The summed E-state index contributed by atoms with van der Waals surface area (Å²) in [7, 11) is 1.93. The minimum Gasteiger partial charge on any atom is -0.466 e. The maximum absolute atomic E-state index is 13.3. The van der Waals surface area contributed by atoms with Crippen molar-refractivity contribution in [3.63, 3.8) is 0 Å². The zero-order chi connectivity index (χ0) is 23.4. The van der Waals surface area contributed by atoms with Gasteiger partial charge >= 0.3 is 5.97 Å². The molecule has 0 unspecified atom stereocenters. The fourth-order valence-electron chi connectivity index (χ4n) is 4.89. The van der Waals surface area contributed by atoms with Crippen molar-refractivity contribution in [3.05, 3.63) is 87.8 Å². The van der Waals surface area contributed by atoms with Crippen molar-refractivity contribution in [1.82, 2.24) is 14.3 Å². The molecule has 174 valence electrons. The smallest absolute Gasteiger partial charge is 0.312 e. The number of carbonyl (C=O) groups excluding carboxylic acids is 1. The molecule has 0 atom stereocenters. The van der Waals surface area contributed by atoms with Gasteiger partial charge in [-0.2, -0.15) is 0 Å². The van der Waals surface area contributed by atoms with E-state index in [1.807, 2.05) is 74.1 Å². The van der Waals surface area contributed by atoms with Crippen molar-refractivity contribution in [2.45, 2.75) is 39.7 Å². The lowest BCUT2D eigenvalue weighted by Crippen LogP contribution is -2.46. The minimum absolute atomic E-state index is 0.0210. The number of ether oxygens (including phenoxy) is 1. The van der Waals surface area contributed by atoms with Gasteiger partial charge in [-0.1, -0.05) is 48.5 Å². The summed E-state index contributed by atoms with van der Waals surface area (Å²) in [6, 6.07) is 19.9. The van der Waals surface area contributed by atoms with E-state index >= 15 is 0 Å². The van der Waals surface area contributed by atoms with E-state index in [1.165, 1.54) is 0 Å². The zero-order valence-corrected chi connectivity index (χ0v) is 19.8. The second-order valence-corrected chi connectivity index (χ2v) is 8.98. The van der Waals surface area contributed by atoms with Gasteiger partial charge in [0.05, 0.1) is 23.3 Å². The van der Waals surface area contributed by atoms with Crippen molar-refractivity contribution in [2.24, 2.45) is 12.5 Å². The van der Waals surface area contributed by atoms with Crippen LogP contribution >= 0.6 is 0 Å². The molecule has 1 fully saturated rings. The second kappa shape index (κ2) is 9.79. The molecule has 2 aromatic carbocycles. The van der Waals surface area contributed by atoms with Crippen LogP contribution in [0.2, 0.25) is 0 Å². The van der Waals surface area contributed by atoms with Gasteiger partial charge in [-0.3, -0.25) is 19.2 Å². The molecule has 4 rings (SSSR count). The minimum atomic E-state index is -0.510. The lowest BCUT2D eigenvalue weighted by molar-refractivity contribution is -0.158. The first-order valence-corrected chi connectivity index (χ1v) is 11.7. The molecule has 0 aliphatic carbocycles. The van der Waals surface area contributed by atoms with E-state index in [4.69, 9.17) is 4.74 Å². The third-order valence-corrected chi connectivity index (χ3v) is 6.96. The van der Waals surface area contributed by atoms with Gasteiger partial charge in [0.2, 0.25) is 0 Å². The molecule has 0 bridgehead atoms. The highest BCUT2D eigenvalue weighted by Crippen LogP contribution is 2.37. The molecule has 0 spiro atoms. The van der Waals surface area contributed by atoms with Crippen LogP contribution in [0, 0.1) is 12.3 Å². The van der Waals surface area contributed by atoms with E-state index in [9.17, 15) is 9.59 Å². The summed E-state index contributed by atoms with van der Waals surface area (Å²) in [5.74, 6) is -0.101. The molecule has 33 heavy (non-hydrogen) atoms. The topological polar surface area (TPSA) is 56.5 Å². The quantitative estimate of drug-likeness (QED) is 0.516. The second-order valence-electron chi connectivity index (χ2n) is 8.98. The largest absolute Gasteiger partial charge is 0.466 e. The van der Waals surface area contributed by atoms with Gasteiger partial charge < -0.3 is 4.74 Å². The third kappa shape index (κ3) is 4.67. The predicted octanol–water partition coefficient (Wildman–Crippen LogP) is 3.87. The summed E-state index contributed by atoms with van der Waals surface area (Å²) in [5, 5.41) is 0. The number of nitrogens with zero attached hydrogens (tertiary/aromatic N) is 3. The van der Waals surface area contributed by atoms with Crippen molar-refractivity contribution in [2.75, 3.05) is 19.7 Å². The number of hydrogen-bond acceptors (Lipinski definition) is 4. The fourth-order valence-corrected chi connectivity index (χ4v) is 4.89. The number of carbonyl (C=O) groups is 1. The predicted molar refractivity (Wildman–Crippen MR) is 129 cm³/mol. The van der Waals surface area contributed by atoms with Crippen LogP contribution < -0.4 is 5.56 Å². The van der Waals surface area contributed by atoms with Crippen molar-refractivity contribution in [1.29, 1.82) is 0 Å². The van der Waals surface area contributed by atoms with Crippen LogP contribution in [0.4, 0.5) is 0 Å². The number of likely N-dealkylation sites (tertiary alicyclic amines) is 1. The van der Waals surface area contributed by atoms with Gasteiger partial charge in [-0.25, -0.2) is 4.68 Å². The molecule has 6 nitrogen and oxygen atoms in total. The first-order chi connectivity index (χ1) is 15.9. The Morgan fingerprint density at radius 3 is 2.21 bits per heavy atom. The molecular formula is C27H33N3O3. The molecule has 0 amide bonds. The van der Waals surface area contributed by atoms with Crippen LogP contribution in [0.25, 0.3) is 5.69 Å². The number of para-hydroxylation sites is 1. The molecule has 1 aromatic heterocycles. The molecule has 1 saturated heterocycles. The number of esters is 1. The van der Waals surface area contributed by atoms with Gasteiger partial charge in [0.15, 0.2) is 0 Å². The normalized spacial score (nSPS) is 16.0. The van der Waals surface area contributed by atoms with Crippen LogP contribution in [0.5, 0.6) is 0 Å². The third-order valence-electron chi connectivity index (χ3n) is 6.96. The Kier molecular flexibility index (Phi) is 6.84. The Bertz CT molecular complexity index is 1140. The summed E-state index contributed by atoms with van der Waals surface area (Å²) in [6.45, 7) is 6.34. The Balaban J connectivity index is 1.52. The van der Waals surface area contributed by atoms with Crippen LogP contribution in [0.15, 0.2) is 65.5 Å². The summed E-state index contributed by atoms with van der Waals surface area (Å²) in [4.78, 5) is 28.6. The molecule has 0 N–H and O–H groups in total. The monoisotopic (exact) mass is 447 g/mol. The van der Waals surface area contributed by atoms with Crippen molar-refractivity contribution >= 4 is 5.97 Å². The number of benzene rings is 2. The molecule has 3 aromatic rings. The molecular weight excluding hydrogens is 414 g/mol. The van der Waals surface area contributed by atoms with E-state index in [1.54, 1.807) is 4.68 Å². The summed E-state index contributed by atoms with van der Waals surface area (Å²) in [5.41, 5.74) is 3.31. The Morgan fingerprint density at radius 1 is 1.00 bits per heavy atom. The van der Waals surface area contributed by atoms with Crippen LogP contribution in [0.3, 0.4) is 0 Å².